The number of nitrogens with one attached hydrogen (secondary N) is 2. The molecule has 0 unspecified atom stereocenters. The summed E-state index contributed by atoms with van der Waals surface area (Å²) >= 11 is 8.86. The van der Waals surface area contributed by atoms with Crippen LogP contribution in [0, 0.1) is 0 Å². The van der Waals surface area contributed by atoms with Crippen LogP contribution in [0.1, 0.15) is 43.9 Å². The van der Waals surface area contributed by atoms with Crippen LogP contribution < -0.4 is 10.8 Å². The topological polar surface area (TPSA) is 61.4 Å². The van der Waals surface area contributed by atoms with Crippen molar-refractivity contribution in [3.05, 3.63) is 41.3 Å². The van der Waals surface area contributed by atoms with Crippen LogP contribution in [0.25, 0.3) is 10.4 Å². The van der Waals surface area contributed by atoms with Crippen molar-refractivity contribution in [2.24, 2.45) is 0 Å². The van der Waals surface area contributed by atoms with E-state index in [1.54, 1.807) is 11.3 Å². The van der Waals surface area contributed by atoms with Gasteiger partial charge in [0.25, 0.3) is 0 Å². The SMILES string of the molecule is CCC(=S)Nc1cccc(-c2ccc([C@@]3(CC(=O)NO)CCCCS3)s2)c1. The normalized spacial score (nSPS) is 19.5. The van der Waals surface area contributed by atoms with Crippen LogP contribution in [0.2, 0.25) is 0 Å². The maximum absolute atomic E-state index is 11.9. The molecular weight excluding hydrogens is 396 g/mol. The molecule has 1 aromatic carbocycles. The Labute approximate surface area is 173 Å². The Hall–Kier alpha value is -1.41. The van der Waals surface area contributed by atoms with E-state index in [9.17, 15) is 4.79 Å². The molecule has 0 radical (unpaired) electrons. The molecule has 2 aromatic rings. The summed E-state index contributed by atoms with van der Waals surface area (Å²) < 4.78 is -0.242. The summed E-state index contributed by atoms with van der Waals surface area (Å²) in [4.78, 5) is 15.1. The van der Waals surface area contributed by atoms with E-state index in [1.807, 2.05) is 36.3 Å². The zero-order valence-electron chi connectivity index (χ0n) is 15.3. The lowest BCUT2D eigenvalue weighted by molar-refractivity contribution is -0.129. The minimum atomic E-state index is -0.321. The number of amides is 1. The molecule has 1 aliphatic rings. The monoisotopic (exact) mass is 420 g/mol. The highest BCUT2D eigenvalue weighted by atomic mass is 32.2. The molecule has 144 valence electrons. The van der Waals surface area contributed by atoms with Crippen LogP contribution >= 0.6 is 35.3 Å². The number of hydrogen-bond acceptors (Lipinski definition) is 5. The summed E-state index contributed by atoms with van der Waals surface area (Å²) in [5.74, 6) is 0.721. The minimum Gasteiger partial charge on any atom is -0.350 e. The van der Waals surface area contributed by atoms with Gasteiger partial charge in [-0.05, 0) is 54.8 Å². The van der Waals surface area contributed by atoms with Gasteiger partial charge in [-0.2, -0.15) is 0 Å². The molecule has 3 N–H and O–H groups in total. The van der Waals surface area contributed by atoms with Gasteiger partial charge in [-0.1, -0.05) is 37.7 Å². The predicted molar refractivity (Wildman–Crippen MR) is 119 cm³/mol. The number of thiophene rings is 1. The summed E-state index contributed by atoms with van der Waals surface area (Å²) in [5, 5.41) is 12.3. The first-order chi connectivity index (χ1) is 13.1. The predicted octanol–water partition coefficient (Wildman–Crippen LogP) is 5.57. The van der Waals surface area contributed by atoms with Gasteiger partial charge in [-0.3, -0.25) is 10.0 Å². The maximum Gasteiger partial charge on any atom is 0.245 e. The Morgan fingerprint density at radius 1 is 1.30 bits per heavy atom. The van der Waals surface area contributed by atoms with Gasteiger partial charge in [-0.15, -0.1) is 23.1 Å². The number of carbonyl (C=O) groups is 1. The van der Waals surface area contributed by atoms with Crippen LogP contribution in [0.15, 0.2) is 36.4 Å². The Balaban J connectivity index is 1.87. The Bertz CT molecular complexity index is 813. The molecular formula is C20H24N2O2S3. The van der Waals surface area contributed by atoms with Crippen LogP contribution in [-0.2, 0) is 9.54 Å². The van der Waals surface area contributed by atoms with E-state index >= 15 is 0 Å². The number of anilines is 1. The third-order valence-electron chi connectivity index (χ3n) is 4.73. The third kappa shape index (κ3) is 4.90. The van der Waals surface area contributed by atoms with Crippen molar-refractivity contribution in [2.45, 2.75) is 43.8 Å². The molecule has 27 heavy (non-hydrogen) atoms. The minimum absolute atomic E-state index is 0.242. The zero-order valence-corrected chi connectivity index (χ0v) is 17.7. The maximum atomic E-state index is 11.9. The van der Waals surface area contributed by atoms with E-state index in [0.717, 1.165) is 41.3 Å². The van der Waals surface area contributed by atoms with Crippen molar-refractivity contribution in [2.75, 3.05) is 11.1 Å². The van der Waals surface area contributed by atoms with E-state index in [-0.39, 0.29) is 10.7 Å². The van der Waals surface area contributed by atoms with Gasteiger partial charge in [0.2, 0.25) is 5.91 Å². The van der Waals surface area contributed by atoms with E-state index in [2.05, 4.69) is 29.6 Å². The highest BCUT2D eigenvalue weighted by molar-refractivity contribution is 8.00. The van der Waals surface area contributed by atoms with Crippen molar-refractivity contribution in [1.82, 2.24) is 5.48 Å². The summed E-state index contributed by atoms with van der Waals surface area (Å²) in [5.41, 5.74) is 3.94. The van der Waals surface area contributed by atoms with Crippen LogP contribution in [0.3, 0.4) is 0 Å². The molecule has 0 bridgehead atoms. The van der Waals surface area contributed by atoms with E-state index in [4.69, 9.17) is 17.4 Å². The fourth-order valence-corrected chi connectivity index (χ4v) is 6.31. The van der Waals surface area contributed by atoms with Gasteiger partial charge in [0.1, 0.15) is 0 Å². The zero-order chi connectivity index (χ0) is 19.3. The molecule has 4 nitrogen and oxygen atoms in total. The second kappa shape index (κ2) is 9.19. The molecule has 1 saturated heterocycles. The van der Waals surface area contributed by atoms with Gasteiger partial charge in [0, 0.05) is 21.9 Å². The Morgan fingerprint density at radius 3 is 2.85 bits per heavy atom. The van der Waals surface area contributed by atoms with Crippen LogP contribution in [-0.4, -0.2) is 21.9 Å². The lowest BCUT2D eigenvalue weighted by Gasteiger charge is -2.35. The molecule has 7 heteroatoms. The van der Waals surface area contributed by atoms with Crippen LogP contribution in [0.5, 0.6) is 0 Å². The van der Waals surface area contributed by atoms with Crippen molar-refractivity contribution in [1.29, 1.82) is 0 Å². The summed E-state index contributed by atoms with van der Waals surface area (Å²) in [6.45, 7) is 2.04. The van der Waals surface area contributed by atoms with Crippen molar-refractivity contribution < 1.29 is 10.0 Å². The van der Waals surface area contributed by atoms with E-state index in [0.29, 0.717) is 6.42 Å². The fourth-order valence-electron chi connectivity index (χ4n) is 3.31. The molecule has 0 saturated carbocycles. The van der Waals surface area contributed by atoms with Gasteiger partial charge < -0.3 is 5.32 Å². The molecule has 1 atom stereocenters. The number of thioether (sulfide) groups is 1. The highest BCUT2D eigenvalue weighted by Crippen LogP contribution is 2.50. The second-order valence-corrected chi connectivity index (χ2v) is 9.71. The van der Waals surface area contributed by atoms with E-state index < -0.39 is 0 Å². The largest absolute Gasteiger partial charge is 0.350 e. The summed E-state index contributed by atoms with van der Waals surface area (Å²) in [6, 6.07) is 12.5. The molecule has 2 heterocycles. The lowest BCUT2D eigenvalue weighted by atomic mass is 9.94. The van der Waals surface area contributed by atoms with Gasteiger partial charge in [0.15, 0.2) is 0 Å². The fraction of sp³-hybridized carbons (Fsp3) is 0.400. The Morgan fingerprint density at radius 2 is 2.15 bits per heavy atom. The Kier molecular flexibility index (Phi) is 6.92. The average Bonchev–Trinajstić information content (AvgIpc) is 3.20. The average molecular weight is 421 g/mol. The molecule has 1 fully saturated rings. The summed E-state index contributed by atoms with van der Waals surface area (Å²) in [7, 11) is 0. The van der Waals surface area contributed by atoms with Crippen molar-refractivity contribution in [3.8, 4) is 10.4 Å². The molecule has 0 spiro atoms. The van der Waals surface area contributed by atoms with Gasteiger partial charge >= 0.3 is 0 Å². The quantitative estimate of drug-likeness (QED) is 0.324. The highest BCUT2D eigenvalue weighted by Gasteiger charge is 2.38. The first-order valence-electron chi connectivity index (χ1n) is 9.14. The number of thiocarbonyl (C=S) groups is 1. The van der Waals surface area contributed by atoms with E-state index in [1.165, 1.54) is 16.2 Å². The first kappa shape index (κ1) is 20.3. The number of rotatable bonds is 6. The standard InChI is InChI=1S/C20H24N2O2S3/c1-2-19(25)21-15-7-5-6-14(12-15)16-8-9-17(27-16)20(13-18(23)22-24)10-3-4-11-26-20/h5-9,12,24H,2-4,10-11,13H2,1H3,(H,21,25)(H,22,23)/t20-/m0/s1. The smallest absolute Gasteiger partial charge is 0.245 e. The van der Waals surface area contributed by atoms with Crippen molar-refractivity contribution >= 4 is 51.9 Å². The summed E-state index contributed by atoms with van der Waals surface area (Å²) in [6.07, 6.45) is 4.36. The van der Waals surface area contributed by atoms with Crippen molar-refractivity contribution in [3.63, 3.8) is 0 Å². The number of benzene rings is 1. The number of hydroxylamine groups is 1. The van der Waals surface area contributed by atoms with Gasteiger partial charge in [-0.25, -0.2) is 5.48 Å². The van der Waals surface area contributed by atoms with Gasteiger partial charge in [0.05, 0.1) is 9.74 Å². The lowest BCUT2D eigenvalue weighted by Crippen LogP contribution is -2.32. The molecule has 1 aromatic heterocycles. The molecule has 3 rings (SSSR count). The molecule has 0 aliphatic carbocycles. The van der Waals surface area contributed by atoms with Crippen LogP contribution in [0.4, 0.5) is 5.69 Å². The first-order valence-corrected chi connectivity index (χ1v) is 11.3. The number of hydrogen-bond donors (Lipinski definition) is 3. The third-order valence-corrected chi connectivity index (χ3v) is 8.20. The molecule has 1 amide bonds. The second-order valence-electron chi connectivity index (χ2n) is 6.66. The molecule has 1 aliphatic heterocycles. The number of carbonyl (C=O) groups excluding carboxylic acids is 1.